The van der Waals surface area contributed by atoms with Gasteiger partial charge in [0.05, 0.1) is 20.8 Å². The van der Waals surface area contributed by atoms with Gasteiger partial charge in [0.2, 0.25) is 0 Å². The minimum absolute atomic E-state index is 0.102. The van der Waals surface area contributed by atoms with Gasteiger partial charge in [0.15, 0.2) is 0 Å². The quantitative estimate of drug-likeness (QED) is 0.478. The standard InChI is InChI=1S/C24H29NO5/c1-28-20-4-3-5-21(17-20)30-15-13-25(12-14-26)23-10-8-19-16-18(6-9-22(19)23)7-11-24(27)29-2/h3-7,9,11,16-17,23,26H,8,10,12-15H2,1-2H3. The van der Waals surface area contributed by atoms with Crippen LogP contribution in [0.4, 0.5) is 0 Å². The van der Waals surface area contributed by atoms with Crippen molar-refractivity contribution in [2.45, 2.75) is 18.9 Å². The van der Waals surface area contributed by atoms with Crippen molar-refractivity contribution >= 4 is 12.0 Å². The van der Waals surface area contributed by atoms with Crippen molar-refractivity contribution in [1.29, 1.82) is 0 Å². The van der Waals surface area contributed by atoms with Crippen molar-refractivity contribution in [2.24, 2.45) is 0 Å². The van der Waals surface area contributed by atoms with Crippen molar-refractivity contribution in [1.82, 2.24) is 4.90 Å². The van der Waals surface area contributed by atoms with Gasteiger partial charge in [0.1, 0.15) is 18.1 Å². The lowest BCUT2D eigenvalue weighted by Crippen LogP contribution is -2.34. The zero-order chi connectivity index (χ0) is 21.3. The average molecular weight is 411 g/mol. The van der Waals surface area contributed by atoms with Crippen LogP contribution in [-0.2, 0) is 16.0 Å². The van der Waals surface area contributed by atoms with Gasteiger partial charge in [-0.2, -0.15) is 0 Å². The number of aryl methyl sites for hydroxylation is 1. The maximum atomic E-state index is 11.3. The van der Waals surface area contributed by atoms with E-state index < -0.39 is 0 Å². The third-order valence-corrected chi connectivity index (χ3v) is 5.34. The third-order valence-electron chi connectivity index (χ3n) is 5.34. The van der Waals surface area contributed by atoms with Crippen LogP contribution in [0.3, 0.4) is 0 Å². The molecule has 1 N–H and O–H groups in total. The van der Waals surface area contributed by atoms with E-state index in [1.807, 2.05) is 30.3 Å². The number of carbonyl (C=O) groups is 1. The molecule has 0 heterocycles. The smallest absolute Gasteiger partial charge is 0.330 e. The molecule has 0 bridgehead atoms. The third kappa shape index (κ3) is 5.62. The molecule has 0 saturated heterocycles. The summed E-state index contributed by atoms with van der Waals surface area (Å²) >= 11 is 0. The lowest BCUT2D eigenvalue weighted by atomic mass is 10.0. The van der Waals surface area contributed by atoms with Crippen LogP contribution in [0, 0.1) is 0 Å². The van der Waals surface area contributed by atoms with Crippen LogP contribution in [0.25, 0.3) is 6.08 Å². The predicted octanol–water partition coefficient (Wildman–Crippen LogP) is 3.24. The number of fused-ring (bicyclic) bond motifs is 1. The van der Waals surface area contributed by atoms with Crippen LogP contribution in [0.15, 0.2) is 48.5 Å². The number of methoxy groups -OCH3 is 2. The minimum atomic E-state index is -0.362. The molecule has 160 valence electrons. The molecule has 0 aromatic heterocycles. The summed E-state index contributed by atoms with van der Waals surface area (Å²) in [5.41, 5.74) is 3.54. The van der Waals surface area contributed by atoms with Gasteiger partial charge in [0.25, 0.3) is 0 Å². The molecular weight excluding hydrogens is 382 g/mol. The van der Waals surface area contributed by atoms with E-state index in [9.17, 15) is 9.90 Å². The maximum Gasteiger partial charge on any atom is 0.330 e. The Morgan fingerprint density at radius 2 is 2.00 bits per heavy atom. The van der Waals surface area contributed by atoms with Crippen LogP contribution in [0.5, 0.6) is 11.5 Å². The maximum absolute atomic E-state index is 11.3. The molecule has 2 aromatic rings. The Kier molecular flexibility index (Phi) is 7.88. The van der Waals surface area contributed by atoms with Crippen LogP contribution in [-0.4, -0.2) is 56.5 Å². The Morgan fingerprint density at radius 1 is 1.17 bits per heavy atom. The zero-order valence-corrected chi connectivity index (χ0v) is 17.5. The van der Waals surface area contributed by atoms with E-state index in [0.717, 1.165) is 29.9 Å². The second-order valence-electron chi connectivity index (χ2n) is 7.16. The van der Waals surface area contributed by atoms with Crippen LogP contribution in [0.2, 0.25) is 0 Å². The summed E-state index contributed by atoms with van der Waals surface area (Å²) in [6.45, 7) is 1.94. The topological polar surface area (TPSA) is 68.2 Å². The van der Waals surface area contributed by atoms with Gasteiger partial charge in [-0.25, -0.2) is 4.79 Å². The molecule has 6 nitrogen and oxygen atoms in total. The van der Waals surface area contributed by atoms with Crippen LogP contribution >= 0.6 is 0 Å². The summed E-state index contributed by atoms with van der Waals surface area (Å²) in [4.78, 5) is 13.6. The van der Waals surface area contributed by atoms with Crippen molar-refractivity contribution in [3.05, 3.63) is 65.2 Å². The number of aliphatic hydroxyl groups excluding tert-OH is 1. The molecule has 30 heavy (non-hydrogen) atoms. The summed E-state index contributed by atoms with van der Waals surface area (Å²) in [5.74, 6) is 1.17. The number of nitrogens with zero attached hydrogens (tertiary/aromatic N) is 1. The van der Waals surface area contributed by atoms with Gasteiger partial charge >= 0.3 is 5.97 Å². The first-order valence-electron chi connectivity index (χ1n) is 10.1. The lowest BCUT2D eigenvalue weighted by Gasteiger charge is -2.29. The summed E-state index contributed by atoms with van der Waals surface area (Å²) in [7, 11) is 3.00. The molecule has 0 fully saturated rings. The molecular formula is C24H29NO5. The highest BCUT2D eigenvalue weighted by Gasteiger charge is 2.27. The van der Waals surface area contributed by atoms with Gasteiger partial charge in [-0.1, -0.05) is 24.3 Å². The molecule has 3 rings (SSSR count). The molecule has 1 unspecified atom stereocenters. The van der Waals surface area contributed by atoms with E-state index in [1.54, 1.807) is 13.2 Å². The molecule has 2 aromatic carbocycles. The second-order valence-corrected chi connectivity index (χ2v) is 7.16. The zero-order valence-electron chi connectivity index (χ0n) is 17.5. The van der Waals surface area contributed by atoms with E-state index in [-0.39, 0.29) is 18.6 Å². The molecule has 0 aliphatic heterocycles. The SMILES string of the molecule is COC(=O)C=Cc1ccc2c(c1)CCC2N(CCO)CCOc1cccc(OC)c1. The van der Waals surface area contributed by atoms with Gasteiger partial charge in [-0.05, 0) is 47.7 Å². The second kappa shape index (κ2) is 10.8. The molecule has 0 saturated carbocycles. The number of hydrogen-bond donors (Lipinski definition) is 1. The van der Waals surface area contributed by atoms with Crippen molar-refractivity contribution in [2.75, 3.05) is 40.5 Å². The number of carbonyl (C=O) groups excluding carboxylic acids is 1. The summed E-state index contributed by atoms with van der Waals surface area (Å²) < 4.78 is 15.8. The van der Waals surface area contributed by atoms with E-state index in [0.29, 0.717) is 19.7 Å². The molecule has 0 amide bonds. The van der Waals surface area contributed by atoms with Gasteiger partial charge in [-0.15, -0.1) is 0 Å². The molecule has 0 spiro atoms. The van der Waals surface area contributed by atoms with Gasteiger partial charge in [-0.3, -0.25) is 4.90 Å². The minimum Gasteiger partial charge on any atom is -0.497 e. The summed E-state index contributed by atoms with van der Waals surface area (Å²) in [5, 5.41) is 9.57. The summed E-state index contributed by atoms with van der Waals surface area (Å²) in [6, 6.07) is 14.1. The van der Waals surface area contributed by atoms with Gasteiger partial charge < -0.3 is 19.3 Å². The van der Waals surface area contributed by atoms with E-state index in [4.69, 9.17) is 9.47 Å². The number of benzene rings is 2. The Morgan fingerprint density at radius 3 is 2.77 bits per heavy atom. The van der Waals surface area contributed by atoms with Crippen LogP contribution < -0.4 is 9.47 Å². The molecule has 1 aliphatic rings. The first-order valence-corrected chi connectivity index (χ1v) is 10.1. The van der Waals surface area contributed by atoms with E-state index in [2.05, 4.69) is 21.8 Å². The molecule has 1 aliphatic carbocycles. The van der Waals surface area contributed by atoms with E-state index in [1.165, 1.54) is 24.3 Å². The number of rotatable bonds is 10. The Bertz CT molecular complexity index is 880. The lowest BCUT2D eigenvalue weighted by molar-refractivity contribution is -0.134. The summed E-state index contributed by atoms with van der Waals surface area (Å²) in [6.07, 6.45) is 5.17. The molecule has 6 heteroatoms. The Hall–Kier alpha value is -2.83. The van der Waals surface area contributed by atoms with Crippen molar-refractivity contribution in [3.63, 3.8) is 0 Å². The van der Waals surface area contributed by atoms with Crippen molar-refractivity contribution in [3.8, 4) is 11.5 Å². The number of esters is 1. The van der Waals surface area contributed by atoms with E-state index >= 15 is 0 Å². The predicted molar refractivity (Wildman–Crippen MR) is 116 cm³/mol. The van der Waals surface area contributed by atoms with Gasteiger partial charge in [0, 0.05) is 31.3 Å². The number of ether oxygens (including phenoxy) is 3. The van der Waals surface area contributed by atoms with Crippen molar-refractivity contribution < 1.29 is 24.1 Å². The fourth-order valence-electron chi connectivity index (χ4n) is 3.85. The highest BCUT2D eigenvalue weighted by atomic mass is 16.5. The fraction of sp³-hybridized carbons (Fsp3) is 0.375. The number of aliphatic hydroxyl groups is 1. The monoisotopic (exact) mass is 411 g/mol. The van der Waals surface area contributed by atoms with Crippen LogP contribution in [0.1, 0.15) is 29.2 Å². The first kappa shape index (κ1) is 21.9. The molecule has 1 atom stereocenters. The highest BCUT2D eigenvalue weighted by molar-refractivity contribution is 5.86. The normalized spacial score (nSPS) is 15.4. The molecule has 0 radical (unpaired) electrons. The highest BCUT2D eigenvalue weighted by Crippen LogP contribution is 2.36. The first-order chi connectivity index (χ1) is 14.6. The number of hydrogen-bond acceptors (Lipinski definition) is 6. The fourth-order valence-corrected chi connectivity index (χ4v) is 3.85. The average Bonchev–Trinajstić information content (AvgIpc) is 3.20. The largest absolute Gasteiger partial charge is 0.497 e. The Labute approximate surface area is 177 Å². The Balaban J connectivity index is 1.64.